The fourth-order valence-corrected chi connectivity index (χ4v) is 3.36. The van der Waals surface area contributed by atoms with Crippen LogP contribution in [0.15, 0.2) is 33.9 Å². The Morgan fingerprint density at radius 3 is 2.67 bits per heavy atom. The summed E-state index contributed by atoms with van der Waals surface area (Å²) in [7, 11) is 0. The largest absolute Gasteiger partial charge is 0.416 e. The van der Waals surface area contributed by atoms with Crippen molar-refractivity contribution in [2.45, 2.75) is 43.9 Å². The summed E-state index contributed by atoms with van der Waals surface area (Å²) >= 11 is 1.43. The predicted octanol–water partition coefficient (Wildman–Crippen LogP) is 5.05. The summed E-state index contributed by atoms with van der Waals surface area (Å²) < 4.78 is 45.9. The van der Waals surface area contributed by atoms with Crippen LogP contribution in [-0.2, 0) is 18.5 Å². The van der Waals surface area contributed by atoms with E-state index >= 15 is 0 Å². The number of hydrogen-bond donors (Lipinski definition) is 0. The molecular weight excluding hydrogens is 339 g/mol. The second-order valence-corrected chi connectivity index (χ2v) is 6.41. The van der Waals surface area contributed by atoms with Gasteiger partial charge in [0, 0.05) is 12.6 Å². The maximum Gasteiger partial charge on any atom is 0.416 e. The average molecular weight is 355 g/mol. The number of imidazole rings is 1. The molecule has 3 aromatic rings. The van der Waals surface area contributed by atoms with Gasteiger partial charge in [0.1, 0.15) is 5.76 Å². The standard InChI is InChI=1S/C16H16F3N3OS/c1-3-6-22-14-8-11(16(17,18)19)4-5-13(14)20-15(22)24-9-12-7-10(2)21-23-12/h4-5,7-8H,3,6,9H2,1-2H3. The number of aryl methyl sites for hydroxylation is 2. The van der Waals surface area contributed by atoms with Crippen LogP contribution in [0.25, 0.3) is 11.0 Å². The van der Waals surface area contributed by atoms with Crippen LogP contribution in [0, 0.1) is 6.92 Å². The Morgan fingerprint density at radius 2 is 2.04 bits per heavy atom. The van der Waals surface area contributed by atoms with Crippen molar-refractivity contribution in [2.75, 3.05) is 0 Å². The zero-order valence-electron chi connectivity index (χ0n) is 13.2. The van der Waals surface area contributed by atoms with Crippen LogP contribution in [-0.4, -0.2) is 14.7 Å². The summed E-state index contributed by atoms with van der Waals surface area (Å²) in [4.78, 5) is 4.47. The summed E-state index contributed by atoms with van der Waals surface area (Å²) in [5.41, 5.74) is 1.20. The Balaban J connectivity index is 1.95. The first-order chi connectivity index (χ1) is 11.4. The van der Waals surface area contributed by atoms with E-state index in [1.807, 2.05) is 24.5 Å². The molecule has 0 amide bonds. The lowest BCUT2D eigenvalue weighted by Crippen LogP contribution is -2.05. The zero-order chi connectivity index (χ0) is 17.3. The first kappa shape index (κ1) is 16.9. The fraction of sp³-hybridized carbons (Fsp3) is 0.375. The predicted molar refractivity (Wildman–Crippen MR) is 85.8 cm³/mol. The molecule has 0 aliphatic carbocycles. The quantitative estimate of drug-likeness (QED) is 0.601. The molecule has 0 atom stereocenters. The molecule has 2 aromatic heterocycles. The van der Waals surface area contributed by atoms with Crippen molar-refractivity contribution >= 4 is 22.8 Å². The van der Waals surface area contributed by atoms with E-state index in [0.29, 0.717) is 34.2 Å². The molecule has 8 heteroatoms. The molecule has 1 aromatic carbocycles. The smallest absolute Gasteiger partial charge is 0.360 e. The van der Waals surface area contributed by atoms with E-state index in [-0.39, 0.29) is 0 Å². The summed E-state index contributed by atoms with van der Waals surface area (Å²) in [5, 5.41) is 4.51. The molecule has 128 valence electrons. The third kappa shape index (κ3) is 3.43. The number of benzene rings is 1. The third-order valence-corrected chi connectivity index (χ3v) is 4.51. The molecular formula is C16H16F3N3OS. The van der Waals surface area contributed by atoms with Gasteiger partial charge in [0.25, 0.3) is 0 Å². The first-order valence-corrected chi connectivity index (χ1v) is 8.49. The van der Waals surface area contributed by atoms with Crippen LogP contribution < -0.4 is 0 Å². The Morgan fingerprint density at radius 1 is 1.25 bits per heavy atom. The summed E-state index contributed by atoms with van der Waals surface area (Å²) in [6, 6.07) is 5.50. The molecule has 0 fully saturated rings. The van der Waals surface area contributed by atoms with Crippen LogP contribution in [0.1, 0.15) is 30.4 Å². The number of hydrogen-bond acceptors (Lipinski definition) is 4. The van der Waals surface area contributed by atoms with Crippen molar-refractivity contribution in [3.63, 3.8) is 0 Å². The molecule has 0 aliphatic rings. The van der Waals surface area contributed by atoms with E-state index in [2.05, 4.69) is 10.1 Å². The van der Waals surface area contributed by atoms with Gasteiger partial charge >= 0.3 is 6.18 Å². The summed E-state index contributed by atoms with van der Waals surface area (Å²) in [5.74, 6) is 1.24. The van der Waals surface area contributed by atoms with Crippen molar-refractivity contribution in [1.29, 1.82) is 0 Å². The number of aromatic nitrogens is 3. The topological polar surface area (TPSA) is 43.9 Å². The molecule has 0 saturated heterocycles. The van der Waals surface area contributed by atoms with Gasteiger partial charge in [-0.1, -0.05) is 23.8 Å². The average Bonchev–Trinajstić information content (AvgIpc) is 3.08. The van der Waals surface area contributed by atoms with E-state index < -0.39 is 11.7 Å². The number of halogens is 3. The van der Waals surface area contributed by atoms with E-state index in [1.54, 1.807) is 0 Å². The highest BCUT2D eigenvalue weighted by atomic mass is 32.2. The first-order valence-electron chi connectivity index (χ1n) is 7.51. The molecule has 0 radical (unpaired) electrons. The second-order valence-electron chi connectivity index (χ2n) is 5.47. The molecule has 0 spiro atoms. The van der Waals surface area contributed by atoms with Crippen molar-refractivity contribution in [2.24, 2.45) is 0 Å². The van der Waals surface area contributed by atoms with E-state index in [1.165, 1.54) is 23.9 Å². The number of thioether (sulfide) groups is 1. The lowest BCUT2D eigenvalue weighted by atomic mass is 10.2. The van der Waals surface area contributed by atoms with Crippen molar-refractivity contribution < 1.29 is 17.7 Å². The zero-order valence-corrected chi connectivity index (χ0v) is 14.0. The number of rotatable bonds is 5. The van der Waals surface area contributed by atoms with Crippen LogP contribution in [0.5, 0.6) is 0 Å². The minimum atomic E-state index is -4.36. The van der Waals surface area contributed by atoms with Crippen molar-refractivity contribution in [3.8, 4) is 0 Å². The summed E-state index contributed by atoms with van der Waals surface area (Å²) in [6.07, 6.45) is -3.56. The van der Waals surface area contributed by atoms with E-state index in [4.69, 9.17) is 4.52 Å². The van der Waals surface area contributed by atoms with Gasteiger partial charge in [-0.25, -0.2) is 4.98 Å². The van der Waals surface area contributed by atoms with Gasteiger partial charge in [0.2, 0.25) is 0 Å². The molecule has 0 bridgehead atoms. The highest BCUT2D eigenvalue weighted by molar-refractivity contribution is 7.98. The van der Waals surface area contributed by atoms with Crippen LogP contribution in [0.3, 0.4) is 0 Å². The second kappa shape index (κ2) is 6.51. The Hall–Kier alpha value is -1.96. The Kier molecular flexibility index (Phi) is 4.58. The maximum atomic E-state index is 13.0. The highest BCUT2D eigenvalue weighted by Crippen LogP contribution is 2.33. The molecule has 0 aliphatic heterocycles. The van der Waals surface area contributed by atoms with E-state index in [9.17, 15) is 13.2 Å². The number of nitrogens with zero attached hydrogens (tertiary/aromatic N) is 3. The van der Waals surface area contributed by atoms with Gasteiger partial charge in [0.05, 0.1) is 28.0 Å². The van der Waals surface area contributed by atoms with Gasteiger partial charge in [-0.05, 0) is 31.5 Å². The molecule has 0 N–H and O–H groups in total. The van der Waals surface area contributed by atoms with Crippen LogP contribution in [0.4, 0.5) is 13.2 Å². The minimum absolute atomic E-state index is 0.503. The SMILES string of the molecule is CCCn1c(SCc2cc(C)no2)nc2ccc(C(F)(F)F)cc21. The maximum absolute atomic E-state index is 13.0. The van der Waals surface area contributed by atoms with E-state index in [0.717, 1.165) is 18.2 Å². The fourth-order valence-electron chi connectivity index (χ4n) is 2.45. The van der Waals surface area contributed by atoms with Gasteiger partial charge in [-0.2, -0.15) is 13.2 Å². The van der Waals surface area contributed by atoms with Gasteiger partial charge in [-0.3, -0.25) is 0 Å². The molecule has 24 heavy (non-hydrogen) atoms. The Bertz CT molecular complexity index is 854. The normalized spacial score (nSPS) is 12.2. The van der Waals surface area contributed by atoms with Crippen molar-refractivity contribution in [1.82, 2.24) is 14.7 Å². The molecule has 0 unspecified atom stereocenters. The third-order valence-electron chi connectivity index (χ3n) is 3.51. The minimum Gasteiger partial charge on any atom is -0.360 e. The molecule has 3 rings (SSSR count). The van der Waals surface area contributed by atoms with Gasteiger partial charge < -0.3 is 9.09 Å². The molecule has 2 heterocycles. The lowest BCUT2D eigenvalue weighted by Gasteiger charge is -2.09. The van der Waals surface area contributed by atoms with Crippen LogP contribution >= 0.6 is 11.8 Å². The van der Waals surface area contributed by atoms with Gasteiger partial charge in [0.15, 0.2) is 5.16 Å². The summed E-state index contributed by atoms with van der Waals surface area (Å²) in [6.45, 7) is 4.42. The van der Waals surface area contributed by atoms with Crippen LogP contribution in [0.2, 0.25) is 0 Å². The molecule has 4 nitrogen and oxygen atoms in total. The van der Waals surface area contributed by atoms with Crippen molar-refractivity contribution in [3.05, 3.63) is 41.3 Å². The van der Waals surface area contributed by atoms with Gasteiger partial charge in [-0.15, -0.1) is 0 Å². The number of alkyl halides is 3. The molecule has 0 saturated carbocycles. The lowest BCUT2D eigenvalue weighted by molar-refractivity contribution is -0.137. The number of fused-ring (bicyclic) bond motifs is 1. The highest BCUT2D eigenvalue weighted by Gasteiger charge is 2.31. The monoisotopic (exact) mass is 355 g/mol. The Labute approximate surface area is 141 Å².